The van der Waals surface area contributed by atoms with E-state index in [1.807, 2.05) is 24.3 Å². The van der Waals surface area contributed by atoms with E-state index in [1.165, 1.54) is 20.0 Å². The molecule has 0 radical (unpaired) electrons. The summed E-state index contributed by atoms with van der Waals surface area (Å²) in [6.45, 7) is 5.83. The smallest absolute Gasteiger partial charge is 0.350 e. The van der Waals surface area contributed by atoms with Crippen LogP contribution in [0.4, 0.5) is 5.69 Å². The number of esters is 2. The second-order valence-electron chi connectivity index (χ2n) is 7.44. The first-order valence-electron chi connectivity index (χ1n) is 9.18. The Bertz CT molecular complexity index is 714. The van der Waals surface area contributed by atoms with E-state index in [9.17, 15) is 9.59 Å². The van der Waals surface area contributed by atoms with E-state index in [2.05, 4.69) is 17.3 Å². The lowest BCUT2D eigenvalue weighted by atomic mass is 9.98. The lowest BCUT2D eigenvalue weighted by molar-refractivity contribution is -0.222. The predicted molar refractivity (Wildman–Crippen MR) is 100 cm³/mol. The molecule has 2 aliphatic heterocycles. The molecule has 1 aromatic rings. The van der Waals surface area contributed by atoms with Crippen molar-refractivity contribution < 1.29 is 23.8 Å². The first-order valence-corrected chi connectivity index (χ1v) is 9.18. The zero-order valence-electron chi connectivity index (χ0n) is 16.0. The van der Waals surface area contributed by atoms with Crippen molar-refractivity contribution in [1.29, 1.82) is 0 Å². The topological polar surface area (TPSA) is 77.1 Å². The second-order valence-corrected chi connectivity index (χ2v) is 7.44. The molecule has 146 valence electrons. The van der Waals surface area contributed by atoms with Crippen LogP contribution in [0.5, 0.6) is 5.75 Å². The molecule has 0 bridgehead atoms. The fourth-order valence-corrected chi connectivity index (χ4v) is 3.08. The number of hydrogen-bond donors (Lipinski definition) is 1. The molecule has 7 nitrogen and oxygen atoms in total. The van der Waals surface area contributed by atoms with Crippen LogP contribution in [0, 0.1) is 5.92 Å². The molecule has 7 heteroatoms. The minimum Gasteiger partial charge on any atom is -0.491 e. The number of piperidine rings is 1. The minimum absolute atomic E-state index is 0.181. The van der Waals surface area contributed by atoms with Crippen LogP contribution in [0.1, 0.15) is 26.7 Å². The molecule has 1 N–H and O–H groups in total. The van der Waals surface area contributed by atoms with Crippen LogP contribution in [-0.2, 0) is 19.1 Å². The largest absolute Gasteiger partial charge is 0.491 e. The number of hydrogen-bond acceptors (Lipinski definition) is 7. The molecule has 2 fully saturated rings. The van der Waals surface area contributed by atoms with Crippen molar-refractivity contribution in [3.63, 3.8) is 0 Å². The Hall–Kier alpha value is -2.54. The highest BCUT2D eigenvalue weighted by Crippen LogP contribution is 2.27. The van der Waals surface area contributed by atoms with Crippen molar-refractivity contribution in [2.45, 2.75) is 32.5 Å². The zero-order chi connectivity index (χ0) is 19.4. The molecular formula is C20H26N2O5. The fourth-order valence-electron chi connectivity index (χ4n) is 3.08. The van der Waals surface area contributed by atoms with Crippen molar-refractivity contribution in [3.8, 4) is 5.75 Å². The third-order valence-corrected chi connectivity index (χ3v) is 4.69. The van der Waals surface area contributed by atoms with Crippen LogP contribution in [0.3, 0.4) is 0 Å². The van der Waals surface area contributed by atoms with E-state index in [0.29, 0.717) is 24.0 Å². The van der Waals surface area contributed by atoms with Crippen LogP contribution in [0.25, 0.3) is 0 Å². The number of benzene rings is 1. The van der Waals surface area contributed by atoms with Gasteiger partial charge in [-0.2, -0.15) is 0 Å². The van der Waals surface area contributed by atoms with Gasteiger partial charge in [0.05, 0.1) is 12.3 Å². The Balaban J connectivity index is 1.64. The number of nitrogens with zero attached hydrogens (tertiary/aromatic N) is 1. The van der Waals surface area contributed by atoms with Crippen LogP contribution in [0.15, 0.2) is 36.0 Å². The van der Waals surface area contributed by atoms with Crippen molar-refractivity contribution in [1.82, 2.24) is 4.90 Å². The first kappa shape index (κ1) is 19.2. The lowest BCUT2D eigenvalue weighted by Crippen LogP contribution is -2.42. The quantitative estimate of drug-likeness (QED) is 0.482. The molecular weight excluding hydrogens is 348 g/mol. The summed E-state index contributed by atoms with van der Waals surface area (Å²) in [5.41, 5.74) is 0.489. The molecule has 2 heterocycles. The highest BCUT2D eigenvalue weighted by atomic mass is 16.7. The van der Waals surface area contributed by atoms with Gasteiger partial charge in [-0.15, -0.1) is 0 Å². The van der Waals surface area contributed by atoms with Crippen molar-refractivity contribution in [2.24, 2.45) is 5.92 Å². The number of para-hydroxylation sites is 2. The van der Waals surface area contributed by atoms with Gasteiger partial charge in [0, 0.05) is 20.0 Å². The molecule has 3 rings (SSSR count). The standard InChI is InChI=1S/C20H26N2O5/c1-20(2)26-18(23)15(19(24)27-20)12-21-16-6-4-5-7-17(16)25-13-14-8-10-22(3)11-9-14/h4-7,12,14,21H,8-11,13H2,1-3H3. The minimum atomic E-state index is -1.25. The van der Waals surface area contributed by atoms with E-state index in [1.54, 1.807) is 0 Å². The highest BCUT2D eigenvalue weighted by molar-refractivity contribution is 6.15. The number of nitrogens with one attached hydrogen (secondary N) is 1. The number of ether oxygens (including phenoxy) is 3. The molecule has 0 amide bonds. The number of carbonyl (C=O) groups excluding carboxylic acids is 2. The molecule has 2 aliphatic rings. The van der Waals surface area contributed by atoms with E-state index in [-0.39, 0.29) is 5.57 Å². The Labute approximate surface area is 159 Å². The zero-order valence-corrected chi connectivity index (χ0v) is 16.0. The Morgan fingerprint density at radius 3 is 2.48 bits per heavy atom. The van der Waals surface area contributed by atoms with Crippen LogP contribution < -0.4 is 10.1 Å². The van der Waals surface area contributed by atoms with Crippen LogP contribution in [-0.4, -0.2) is 49.4 Å². The molecule has 0 spiro atoms. The number of carbonyl (C=O) groups is 2. The van der Waals surface area contributed by atoms with Crippen molar-refractivity contribution >= 4 is 17.6 Å². The van der Waals surface area contributed by atoms with Gasteiger partial charge in [0.25, 0.3) is 5.79 Å². The SMILES string of the molecule is CN1CCC(COc2ccccc2NC=C2C(=O)OC(C)(C)OC2=O)CC1. The van der Waals surface area contributed by atoms with E-state index >= 15 is 0 Å². The maximum atomic E-state index is 12.0. The predicted octanol–water partition coefficient (Wildman–Crippen LogP) is 2.54. The average molecular weight is 374 g/mol. The highest BCUT2D eigenvalue weighted by Gasteiger charge is 2.39. The van der Waals surface area contributed by atoms with Crippen LogP contribution >= 0.6 is 0 Å². The maximum absolute atomic E-state index is 12.0. The summed E-state index contributed by atoms with van der Waals surface area (Å²) in [5, 5.41) is 2.97. The van der Waals surface area contributed by atoms with Gasteiger partial charge in [-0.3, -0.25) is 0 Å². The molecule has 2 saturated heterocycles. The third-order valence-electron chi connectivity index (χ3n) is 4.69. The van der Waals surface area contributed by atoms with Crippen molar-refractivity contribution in [3.05, 3.63) is 36.0 Å². The van der Waals surface area contributed by atoms with Gasteiger partial charge in [0.15, 0.2) is 5.57 Å². The summed E-state index contributed by atoms with van der Waals surface area (Å²) < 4.78 is 16.2. The molecule has 0 atom stereocenters. The summed E-state index contributed by atoms with van der Waals surface area (Å²) in [6, 6.07) is 7.42. The summed E-state index contributed by atoms with van der Waals surface area (Å²) in [5.74, 6) is -1.48. The Morgan fingerprint density at radius 2 is 1.81 bits per heavy atom. The third kappa shape index (κ3) is 5.01. The van der Waals surface area contributed by atoms with Gasteiger partial charge in [0.2, 0.25) is 0 Å². The van der Waals surface area contributed by atoms with Gasteiger partial charge in [0.1, 0.15) is 5.75 Å². The number of rotatable bonds is 5. The Morgan fingerprint density at radius 1 is 1.19 bits per heavy atom. The molecule has 0 aliphatic carbocycles. The van der Waals surface area contributed by atoms with Gasteiger partial charge in [-0.25, -0.2) is 9.59 Å². The normalized spacial score (nSPS) is 20.6. The summed E-state index contributed by atoms with van der Waals surface area (Å²) in [4.78, 5) is 26.4. The van der Waals surface area contributed by atoms with E-state index < -0.39 is 17.7 Å². The first-order chi connectivity index (χ1) is 12.8. The molecule has 27 heavy (non-hydrogen) atoms. The van der Waals surface area contributed by atoms with Crippen LogP contribution in [0.2, 0.25) is 0 Å². The van der Waals surface area contributed by atoms with Gasteiger partial charge < -0.3 is 24.4 Å². The lowest BCUT2D eigenvalue weighted by Gasteiger charge is -2.30. The second kappa shape index (κ2) is 8.00. The van der Waals surface area contributed by atoms with Gasteiger partial charge >= 0.3 is 11.9 Å². The fraction of sp³-hybridized carbons (Fsp3) is 0.500. The molecule has 0 unspecified atom stereocenters. The molecule has 0 saturated carbocycles. The monoisotopic (exact) mass is 374 g/mol. The van der Waals surface area contributed by atoms with Gasteiger partial charge in [-0.05, 0) is 51.0 Å². The Kier molecular flexibility index (Phi) is 5.70. The van der Waals surface area contributed by atoms with E-state index in [0.717, 1.165) is 25.9 Å². The number of anilines is 1. The van der Waals surface area contributed by atoms with Crippen molar-refractivity contribution in [2.75, 3.05) is 32.1 Å². The molecule has 1 aromatic carbocycles. The maximum Gasteiger partial charge on any atom is 0.350 e. The number of cyclic esters (lactones) is 2. The van der Waals surface area contributed by atoms with Gasteiger partial charge in [-0.1, -0.05) is 12.1 Å². The van der Waals surface area contributed by atoms with E-state index in [4.69, 9.17) is 14.2 Å². The molecule has 0 aromatic heterocycles. The number of likely N-dealkylation sites (tertiary alicyclic amines) is 1. The summed E-state index contributed by atoms with van der Waals surface area (Å²) in [6.07, 6.45) is 3.53. The summed E-state index contributed by atoms with van der Waals surface area (Å²) >= 11 is 0. The average Bonchev–Trinajstić information content (AvgIpc) is 2.60. The summed E-state index contributed by atoms with van der Waals surface area (Å²) in [7, 11) is 2.13.